The third-order valence-electron chi connectivity index (χ3n) is 3.73. The first kappa shape index (κ1) is 13.6. The molecule has 0 spiro atoms. The van der Waals surface area contributed by atoms with Gasteiger partial charge in [-0.2, -0.15) is 0 Å². The highest BCUT2D eigenvalue weighted by Crippen LogP contribution is 2.25. The third kappa shape index (κ3) is 3.04. The van der Waals surface area contributed by atoms with Crippen molar-refractivity contribution in [2.24, 2.45) is 5.92 Å². The largest absolute Gasteiger partial charge is 0.314 e. The number of rotatable bonds is 4. The van der Waals surface area contributed by atoms with Gasteiger partial charge in [0.15, 0.2) is 5.82 Å². The van der Waals surface area contributed by atoms with Crippen LogP contribution in [0.2, 0.25) is 0 Å². The molecule has 2 aromatic rings. The molecule has 0 bridgehead atoms. The van der Waals surface area contributed by atoms with Gasteiger partial charge in [-0.05, 0) is 37.3 Å². The average Bonchev–Trinajstić information content (AvgIpc) is 2.98. The second-order valence-corrected chi connectivity index (χ2v) is 6.43. The van der Waals surface area contributed by atoms with E-state index in [-0.39, 0.29) is 0 Å². The molecule has 4 nitrogen and oxygen atoms in total. The maximum atomic E-state index is 4.70. The SMILES string of the molecule is CC(C)NCC1CCc2nc(-c3cscn3)ncc2C1. The summed E-state index contributed by atoms with van der Waals surface area (Å²) < 4.78 is 0. The number of thiazole rings is 1. The molecule has 0 radical (unpaired) electrons. The lowest BCUT2D eigenvalue weighted by Gasteiger charge is -2.25. The van der Waals surface area contributed by atoms with Gasteiger partial charge in [0, 0.05) is 23.3 Å². The van der Waals surface area contributed by atoms with Gasteiger partial charge in [0.25, 0.3) is 0 Å². The predicted molar refractivity (Wildman–Crippen MR) is 81.8 cm³/mol. The number of hydrogen-bond donors (Lipinski definition) is 1. The Kier molecular flexibility index (Phi) is 4.08. The van der Waals surface area contributed by atoms with Crippen molar-refractivity contribution in [3.8, 4) is 11.5 Å². The van der Waals surface area contributed by atoms with Crippen LogP contribution < -0.4 is 5.32 Å². The molecule has 0 aliphatic heterocycles. The number of hydrogen-bond acceptors (Lipinski definition) is 5. The molecule has 1 aliphatic carbocycles. The number of nitrogens with one attached hydrogen (secondary N) is 1. The molecule has 2 heterocycles. The summed E-state index contributed by atoms with van der Waals surface area (Å²) in [4.78, 5) is 13.5. The summed E-state index contributed by atoms with van der Waals surface area (Å²) in [5, 5.41) is 5.53. The molecule has 0 saturated heterocycles. The molecule has 0 amide bonds. The second kappa shape index (κ2) is 5.97. The number of aryl methyl sites for hydroxylation is 1. The van der Waals surface area contributed by atoms with Crippen molar-refractivity contribution in [1.82, 2.24) is 20.3 Å². The molecule has 5 heteroatoms. The smallest absolute Gasteiger partial charge is 0.179 e. The van der Waals surface area contributed by atoms with E-state index in [1.54, 1.807) is 11.3 Å². The van der Waals surface area contributed by atoms with Gasteiger partial charge in [-0.1, -0.05) is 13.8 Å². The van der Waals surface area contributed by atoms with Crippen LogP contribution in [0.5, 0.6) is 0 Å². The minimum absolute atomic E-state index is 0.555. The minimum atomic E-state index is 0.555. The summed E-state index contributed by atoms with van der Waals surface area (Å²) in [6.45, 7) is 5.48. The summed E-state index contributed by atoms with van der Waals surface area (Å²) in [7, 11) is 0. The summed E-state index contributed by atoms with van der Waals surface area (Å²) in [6.07, 6.45) is 5.35. The Morgan fingerprint density at radius 3 is 3.05 bits per heavy atom. The van der Waals surface area contributed by atoms with Crippen molar-refractivity contribution in [1.29, 1.82) is 0 Å². The molecule has 0 aromatic carbocycles. The standard InChI is InChI=1S/C15H20N4S/c1-10(2)16-6-11-3-4-13-12(5-11)7-17-15(19-13)14-8-20-9-18-14/h7-11,16H,3-6H2,1-2H3. The lowest BCUT2D eigenvalue weighted by molar-refractivity contribution is 0.402. The Labute approximate surface area is 123 Å². The molecule has 20 heavy (non-hydrogen) atoms. The minimum Gasteiger partial charge on any atom is -0.314 e. The average molecular weight is 288 g/mol. The molecule has 1 N–H and O–H groups in total. The Bertz CT molecular complexity index is 565. The van der Waals surface area contributed by atoms with Crippen molar-refractivity contribution in [3.63, 3.8) is 0 Å². The van der Waals surface area contributed by atoms with E-state index in [1.807, 2.05) is 17.1 Å². The van der Waals surface area contributed by atoms with Crippen molar-refractivity contribution >= 4 is 11.3 Å². The molecule has 1 aliphatic rings. The molecular weight excluding hydrogens is 268 g/mol. The van der Waals surface area contributed by atoms with Crippen LogP contribution in [0, 0.1) is 5.92 Å². The van der Waals surface area contributed by atoms with Gasteiger partial charge in [0.05, 0.1) is 5.51 Å². The summed E-state index contributed by atoms with van der Waals surface area (Å²) in [6, 6.07) is 0.555. The van der Waals surface area contributed by atoms with E-state index in [1.165, 1.54) is 17.7 Å². The van der Waals surface area contributed by atoms with Gasteiger partial charge >= 0.3 is 0 Å². The lowest BCUT2D eigenvalue weighted by atomic mass is 9.87. The Morgan fingerprint density at radius 2 is 2.30 bits per heavy atom. The fourth-order valence-electron chi connectivity index (χ4n) is 2.61. The third-order valence-corrected chi connectivity index (χ3v) is 4.31. The van der Waals surface area contributed by atoms with E-state index in [2.05, 4.69) is 29.1 Å². The molecule has 3 rings (SSSR count). The highest BCUT2D eigenvalue weighted by Gasteiger charge is 2.21. The van der Waals surface area contributed by atoms with Crippen LogP contribution in [0.25, 0.3) is 11.5 Å². The van der Waals surface area contributed by atoms with Crippen LogP contribution in [0.3, 0.4) is 0 Å². The van der Waals surface area contributed by atoms with Crippen LogP contribution in [0.15, 0.2) is 17.1 Å². The van der Waals surface area contributed by atoms with E-state index in [4.69, 9.17) is 4.98 Å². The van der Waals surface area contributed by atoms with E-state index in [9.17, 15) is 0 Å². The van der Waals surface area contributed by atoms with Crippen molar-refractivity contribution in [2.45, 2.75) is 39.2 Å². The second-order valence-electron chi connectivity index (χ2n) is 5.71. The molecule has 0 saturated carbocycles. The van der Waals surface area contributed by atoms with Gasteiger partial charge in [0.1, 0.15) is 5.69 Å². The summed E-state index contributed by atoms with van der Waals surface area (Å²) in [5.74, 6) is 1.47. The molecule has 106 valence electrons. The van der Waals surface area contributed by atoms with Gasteiger partial charge in [0.2, 0.25) is 0 Å². The zero-order valence-electron chi connectivity index (χ0n) is 12.0. The molecule has 0 fully saturated rings. The predicted octanol–water partition coefficient (Wildman–Crippen LogP) is 2.70. The topological polar surface area (TPSA) is 50.7 Å². The van der Waals surface area contributed by atoms with Gasteiger partial charge in [-0.15, -0.1) is 11.3 Å². The van der Waals surface area contributed by atoms with Crippen molar-refractivity contribution in [3.05, 3.63) is 28.3 Å². The monoisotopic (exact) mass is 288 g/mol. The lowest BCUT2D eigenvalue weighted by Crippen LogP contribution is -2.32. The zero-order chi connectivity index (χ0) is 13.9. The molecule has 1 unspecified atom stereocenters. The van der Waals surface area contributed by atoms with Crippen molar-refractivity contribution in [2.75, 3.05) is 6.54 Å². The Balaban J connectivity index is 1.72. The summed E-state index contributed by atoms with van der Waals surface area (Å²) >= 11 is 1.58. The quantitative estimate of drug-likeness (QED) is 0.940. The molecular formula is C15H20N4S. The van der Waals surface area contributed by atoms with Gasteiger partial charge in [-0.25, -0.2) is 15.0 Å². The Hall–Kier alpha value is -1.33. The van der Waals surface area contributed by atoms with E-state index in [0.29, 0.717) is 12.0 Å². The van der Waals surface area contributed by atoms with Gasteiger partial charge < -0.3 is 5.32 Å². The maximum Gasteiger partial charge on any atom is 0.179 e. The molecule has 1 atom stereocenters. The Morgan fingerprint density at radius 1 is 1.40 bits per heavy atom. The van der Waals surface area contributed by atoms with Crippen LogP contribution in [-0.4, -0.2) is 27.5 Å². The number of aromatic nitrogens is 3. The first-order valence-electron chi connectivity index (χ1n) is 7.19. The fraction of sp³-hybridized carbons (Fsp3) is 0.533. The van der Waals surface area contributed by atoms with E-state index in [0.717, 1.165) is 30.9 Å². The zero-order valence-corrected chi connectivity index (χ0v) is 12.8. The maximum absolute atomic E-state index is 4.70. The van der Waals surface area contributed by atoms with E-state index >= 15 is 0 Å². The fourth-order valence-corrected chi connectivity index (χ4v) is 3.14. The van der Waals surface area contributed by atoms with Crippen LogP contribution in [0.4, 0.5) is 0 Å². The molecule has 2 aromatic heterocycles. The van der Waals surface area contributed by atoms with Crippen LogP contribution >= 0.6 is 11.3 Å². The first-order chi connectivity index (χ1) is 9.72. The van der Waals surface area contributed by atoms with Gasteiger partial charge in [-0.3, -0.25) is 0 Å². The van der Waals surface area contributed by atoms with Crippen molar-refractivity contribution < 1.29 is 0 Å². The normalized spacial score (nSPS) is 18.2. The highest BCUT2D eigenvalue weighted by atomic mass is 32.1. The van der Waals surface area contributed by atoms with E-state index < -0.39 is 0 Å². The van der Waals surface area contributed by atoms with Crippen LogP contribution in [0.1, 0.15) is 31.5 Å². The number of fused-ring (bicyclic) bond motifs is 1. The number of nitrogens with zero attached hydrogens (tertiary/aromatic N) is 3. The summed E-state index contributed by atoms with van der Waals surface area (Å²) in [5.41, 5.74) is 5.24. The highest BCUT2D eigenvalue weighted by molar-refractivity contribution is 7.07. The first-order valence-corrected chi connectivity index (χ1v) is 8.13. The van der Waals surface area contributed by atoms with Crippen LogP contribution in [-0.2, 0) is 12.8 Å².